The van der Waals surface area contributed by atoms with Crippen LogP contribution in [0.1, 0.15) is 25.7 Å². The molecule has 1 saturated carbocycles. The van der Waals surface area contributed by atoms with Crippen molar-refractivity contribution >= 4 is 17.5 Å². The van der Waals surface area contributed by atoms with Crippen molar-refractivity contribution in [2.24, 2.45) is 0 Å². The first-order chi connectivity index (χ1) is 9.24. The highest BCUT2D eigenvalue weighted by Crippen LogP contribution is 2.29. The van der Waals surface area contributed by atoms with Crippen LogP contribution in [0.15, 0.2) is 24.3 Å². The SMILES string of the molecule is O=C1Nc2ccccc2OC1C(=O)NC1CCCC1. The highest BCUT2D eigenvalue weighted by atomic mass is 16.5. The molecule has 1 unspecified atom stereocenters. The summed E-state index contributed by atoms with van der Waals surface area (Å²) < 4.78 is 5.49. The lowest BCUT2D eigenvalue weighted by Gasteiger charge is -2.26. The second kappa shape index (κ2) is 4.91. The molecule has 1 heterocycles. The fourth-order valence-electron chi connectivity index (χ4n) is 2.57. The zero-order valence-electron chi connectivity index (χ0n) is 10.5. The predicted molar refractivity (Wildman–Crippen MR) is 69.9 cm³/mol. The number of ether oxygens (including phenoxy) is 1. The first-order valence-electron chi connectivity index (χ1n) is 6.61. The highest BCUT2D eigenvalue weighted by Gasteiger charge is 2.35. The topological polar surface area (TPSA) is 67.4 Å². The van der Waals surface area contributed by atoms with Gasteiger partial charge in [-0.3, -0.25) is 9.59 Å². The number of fused-ring (bicyclic) bond motifs is 1. The van der Waals surface area contributed by atoms with Gasteiger partial charge in [0.15, 0.2) is 0 Å². The number of para-hydroxylation sites is 2. The molecule has 1 aromatic carbocycles. The lowest BCUT2D eigenvalue weighted by atomic mass is 10.2. The van der Waals surface area contributed by atoms with E-state index in [0.29, 0.717) is 11.4 Å². The molecule has 100 valence electrons. The van der Waals surface area contributed by atoms with E-state index in [1.807, 2.05) is 6.07 Å². The van der Waals surface area contributed by atoms with Gasteiger partial charge in [-0.1, -0.05) is 25.0 Å². The number of carbonyl (C=O) groups excluding carboxylic acids is 2. The van der Waals surface area contributed by atoms with Crippen LogP contribution >= 0.6 is 0 Å². The van der Waals surface area contributed by atoms with E-state index in [9.17, 15) is 9.59 Å². The van der Waals surface area contributed by atoms with Gasteiger partial charge < -0.3 is 15.4 Å². The van der Waals surface area contributed by atoms with E-state index in [4.69, 9.17) is 4.74 Å². The third-order valence-corrected chi connectivity index (χ3v) is 3.57. The number of benzene rings is 1. The number of amides is 2. The fraction of sp³-hybridized carbons (Fsp3) is 0.429. The van der Waals surface area contributed by atoms with Crippen molar-refractivity contribution in [2.45, 2.75) is 37.8 Å². The Balaban J connectivity index is 1.71. The molecular formula is C14H16N2O3. The molecule has 1 fully saturated rings. The number of nitrogens with one attached hydrogen (secondary N) is 2. The summed E-state index contributed by atoms with van der Waals surface area (Å²) >= 11 is 0. The predicted octanol–water partition coefficient (Wildman–Crippen LogP) is 1.44. The van der Waals surface area contributed by atoms with E-state index in [1.54, 1.807) is 18.2 Å². The molecule has 1 atom stereocenters. The van der Waals surface area contributed by atoms with E-state index >= 15 is 0 Å². The van der Waals surface area contributed by atoms with E-state index in [1.165, 1.54) is 0 Å². The van der Waals surface area contributed by atoms with Crippen LogP contribution in [-0.4, -0.2) is 24.0 Å². The first-order valence-corrected chi connectivity index (χ1v) is 6.61. The molecule has 0 spiro atoms. The molecule has 0 saturated heterocycles. The lowest BCUT2D eigenvalue weighted by molar-refractivity contribution is -0.137. The maximum atomic E-state index is 12.1. The Morgan fingerprint density at radius 1 is 1.26 bits per heavy atom. The number of hydrogen-bond donors (Lipinski definition) is 2. The van der Waals surface area contributed by atoms with Crippen molar-refractivity contribution in [1.82, 2.24) is 5.32 Å². The van der Waals surface area contributed by atoms with Crippen molar-refractivity contribution in [1.29, 1.82) is 0 Å². The van der Waals surface area contributed by atoms with Crippen molar-refractivity contribution in [3.8, 4) is 5.75 Å². The smallest absolute Gasteiger partial charge is 0.275 e. The third-order valence-electron chi connectivity index (χ3n) is 3.57. The van der Waals surface area contributed by atoms with Crippen molar-refractivity contribution in [2.75, 3.05) is 5.32 Å². The third kappa shape index (κ3) is 2.41. The summed E-state index contributed by atoms with van der Waals surface area (Å²) in [7, 11) is 0. The maximum Gasteiger partial charge on any atom is 0.275 e. The summed E-state index contributed by atoms with van der Waals surface area (Å²) in [5.74, 6) is -0.221. The summed E-state index contributed by atoms with van der Waals surface area (Å²) in [6, 6.07) is 7.29. The Hall–Kier alpha value is -2.04. The molecule has 0 aromatic heterocycles. The summed E-state index contributed by atoms with van der Waals surface area (Å²) in [4.78, 5) is 24.0. The zero-order valence-corrected chi connectivity index (χ0v) is 10.5. The molecule has 2 N–H and O–H groups in total. The second-order valence-corrected chi connectivity index (χ2v) is 4.97. The van der Waals surface area contributed by atoms with Crippen LogP contribution in [0.2, 0.25) is 0 Å². The summed E-state index contributed by atoms with van der Waals surface area (Å²) in [5.41, 5.74) is 0.609. The van der Waals surface area contributed by atoms with E-state index in [-0.39, 0.29) is 11.9 Å². The van der Waals surface area contributed by atoms with Crippen molar-refractivity contribution in [3.63, 3.8) is 0 Å². The number of hydrogen-bond acceptors (Lipinski definition) is 3. The minimum absolute atomic E-state index is 0.182. The van der Waals surface area contributed by atoms with Gasteiger partial charge in [-0.25, -0.2) is 0 Å². The fourth-order valence-corrected chi connectivity index (χ4v) is 2.57. The van der Waals surface area contributed by atoms with Gasteiger partial charge in [0, 0.05) is 6.04 Å². The van der Waals surface area contributed by atoms with Crippen LogP contribution in [0.25, 0.3) is 0 Å². The lowest BCUT2D eigenvalue weighted by Crippen LogP contribution is -2.50. The second-order valence-electron chi connectivity index (χ2n) is 4.97. The van der Waals surface area contributed by atoms with Crippen LogP contribution < -0.4 is 15.4 Å². The Labute approximate surface area is 111 Å². The first kappa shape index (κ1) is 12.0. The molecule has 2 amide bonds. The Morgan fingerprint density at radius 3 is 2.79 bits per heavy atom. The van der Waals surface area contributed by atoms with E-state index in [2.05, 4.69) is 10.6 Å². The number of rotatable bonds is 2. The van der Waals surface area contributed by atoms with Crippen LogP contribution in [0.4, 0.5) is 5.69 Å². The molecule has 0 radical (unpaired) electrons. The van der Waals surface area contributed by atoms with Gasteiger partial charge in [0.05, 0.1) is 5.69 Å². The minimum atomic E-state index is -1.09. The molecule has 2 aliphatic rings. The van der Waals surface area contributed by atoms with E-state index < -0.39 is 12.0 Å². The molecule has 5 heteroatoms. The summed E-state index contributed by atoms with van der Waals surface area (Å²) in [5, 5.41) is 5.58. The highest BCUT2D eigenvalue weighted by molar-refractivity contribution is 6.11. The van der Waals surface area contributed by atoms with Gasteiger partial charge in [-0.15, -0.1) is 0 Å². The van der Waals surface area contributed by atoms with Crippen LogP contribution in [-0.2, 0) is 9.59 Å². The normalized spacial score (nSPS) is 22.3. The van der Waals surface area contributed by atoms with Crippen LogP contribution in [0.5, 0.6) is 5.75 Å². The zero-order chi connectivity index (χ0) is 13.2. The number of anilines is 1. The molecule has 5 nitrogen and oxygen atoms in total. The van der Waals surface area contributed by atoms with Gasteiger partial charge in [-0.2, -0.15) is 0 Å². The summed E-state index contributed by atoms with van der Waals surface area (Å²) in [6.45, 7) is 0. The quantitative estimate of drug-likeness (QED) is 0.791. The van der Waals surface area contributed by atoms with Crippen molar-refractivity contribution in [3.05, 3.63) is 24.3 Å². The van der Waals surface area contributed by atoms with Gasteiger partial charge in [0.1, 0.15) is 5.75 Å². The Kier molecular flexibility index (Phi) is 3.11. The average Bonchev–Trinajstić information content (AvgIpc) is 2.90. The average molecular weight is 260 g/mol. The standard InChI is InChI=1S/C14H16N2O3/c17-13(15-9-5-1-2-6-9)12-14(18)16-10-7-3-4-8-11(10)19-12/h3-4,7-9,12H,1-2,5-6H2,(H,15,17)(H,16,18). The molecule has 1 aromatic rings. The van der Waals surface area contributed by atoms with Gasteiger partial charge in [-0.05, 0) is 25.0 Å². The molecule has 1 aliphatic heterocycles. The van der Waals surface area contributed by atoms with Gasteiger partial charge in [0.25, 0.3) is 17.9 Å². The largest absolute Gasteiger partial charge is 0.468 e. The Bertz CT molecular complexity index is 509. The van der Waals surface area contributed by atoms with E-state index in [0.717, 1.165) is 25.7 Å². The van der Waals surface area contributed by atoms with Crippen LogP contribution in [0, 0.1) is 0 Å². The maximum absolute atomic E-state index is 12.1. The molecular weight excluding hydrogens is 244 g/mol. The molecule has 0 bridgehead atoms. The van der Waals surface area contributed by atoms with Crippen molar-refractivity contribution < 1.29 is 14.3 Å². The molecule has 3 rings (SSSR count). The minimum Gasteiger partial charge on any atom is -0.468 e. The van der Waals surface area contributed by atoms with Gasteiger partial charge in [0.2, 0.25) is 0 Å². The monoisotopic (exact) mass is 260 g/mol. The molecule has 19 heavy (non-hydrogen) atoms. The van der Waals surface area contributed by atoms with Crippen LogP contribution in [0.3, 0.4) is 0 Å². The van der Waals surface area contributed by atoms with Gasteiger partial charge >= 0.3 is 0 Å². The number of carbonyl (C=O) groups is 2. The summed E-state index contributed by atoms with van der Waals surface area (Å²) in [6.07, 6.45) is 3.14. The molecule has 1 aliphatic carbocycles. The Morgan fingerprint density at radius 2 is 2.00 bits per heavy atom.